The van der Waals surface area contributed by atoms with Gasteiger partial charge in [0, 0.05) is 27.8 Å². The zero-order valence-electron chi connectivity index (χ0n) is 15.0. The molecule has 0 N–H and O–H groups in total. The van der Waals surface area contributed by atoms with Crippen LogP contribution in [0.2, 0.25) is 0 Å². The zero-order chi connectivity index (χ0) is 18.9. The summed E-state index contributed by atoms with van der Waals surface area (Å²) in [5.74, 6) is 0. The van der Waals surface area contributed by atoms with E-state index in [2.05, 4.69) is 9.97 Å². The molecule has 133 valence electrons. The molecule has 5 aromatic rings. The molecule has 0 bridgehead atoms. The summed E-state index contributed by atoms with van der Waals surface area (Å²) in [6, 6.07) is 29.7. The van der Waals surface area contributed by atoms with E-state index >= 15 is 0 Å². The van der Waals surface area contributed by atoms with Crippen LogP contribution in [0.4, 0.5) is 0 Å². The molecular formula is C24H16N2OP. The second-order valence-electron chi connectivity index (χ2n) is 6.59. The monoisotopic (exact) mass is 379 g/mol. The summed E-state index contributed by atoms with van der Waals surface area (Å²) >= 11 is 0. The summed E-state index contributed by atoms with van der Waals surface area (Å²) in [7, 11) is -1.66. The van der Waals surface area contributed by atoms with Crippen LogP contribution in [0, 0.1) is 0 Å². The average Bonchev–Trinajstić information content (AvgIpc) is 2.78. The summed E-state index contributed by atoms with van der Waals surface area (Å²) in [5.41, 5.74) is 2.57. The number of pyridine rings is 2. The van der Waals surface area contributed by atoms with Crippen LogP contribution in [0.5, 0.6) is 0 Å². The summed E-state index contributed by atoms with van der Waals surface area (Å²) < 4.78 is 13.2. The fourth-order valence-electron chi connectivity index (χ4n) is 3.41. The van der Waals surface area contributed by atoms with Gasteiger partial charge in [0.2, 0.25) is 0 Å². The fraction of sp³-hybridized carbons (Fsp3) is 0. The first kappa shape index (κ1) is 16.7. The highest BCUT2D eigenvalue weighted by molar-refractivity contribution is 7.62. The lowest BCUT2D eigenvalue weighted by Crippen LogP contribution is -2.07. The number of nitrogens with zero attached hydrogens (tertiary/aromatic N) is 2. The molecule has 3 nitrogen and oxygen atoms in total. The molecule has 0 saturated carbocycles. The van der Waals surface area contributed by atoms with Crippen LogP contribution in [-0.4, -0.2) is 9.97 Å². The lowest BCUT2D eigenvalue weighted by atomic mass is 10.1. The van der Waals surface area contributed by atoms with Gasteiger partial charge in [0.05, 0.1) is 5.69 Å². The first-order chi connectivity index (χ1) is 13.8. The highest BCUT2D eigenvalue weighted by Crippen LogP contribution is 2.27. The summed E-state index contributed by atoms with van der Waals surface area (Å²) in [6.07, 6.45) is 1.75. The second kappa shape index (κ2) is 6.95. The van der Waals surface area contributed by atoms with Crippen molar-refractivity contribution < 1.29 is 4.57 Å². The molecule has 2 aromatic heterocycles. The normalized spacial score (nSPS) is 11.6. The minimum absolute atomic E-state index is 0.728. The SMILES string of the molecule is O=[P](c1ccc(-c2ccc3cccnc3n2)cc1)c1cccc2ccccc12. The maximum absolute atomic E-state index is 13.2. The van der Waals surface area contributed by atoms with E-state index < -0.39 is 7.80 Å². The molecule has 2 heterocycles. The molecule has 0 spiro atoms. The van der Waals surface area contributed by atoms with E-state index in [1.807, 2.05) is 91.0 Å². The Bertz CT molecular complexity index is 1320. The van der Waals surface area contributed by atoms with Gasteiger partial charge in [-0.25, -0.2) is 9.97 Å². The number of benzene rings is 3. The van der Waals surface area contributed by atoms with Crippen LogP contribution in [0.1, 0.15) is 0 Å². The molecule has 0 aliphatic heterocycles. The lowest BCUT2D eigenvalue weighted by molar-refractivity contribution is 0.598. The molecule has 0 aliphatic carbocycles. The van der Waals surface area contributed by atoms with Crippen molar-refractivity contribution in [3.63, 3.8) is 0 Å². The highest BCUT2D eigenvalue weighted by Gasteiger charge is 2.12. The highest BCUT2D eigenvalue weighted by atomic mass is 31.1. The molecular weight excluding hydrogens is 363 g/mol. The minimum Gasteiger partial charge on any atom is -0.277 e. The van der Waals surface area contributed by atoms with Crippen molar-refractivity contribution in [1.82, 2.24) is 9.97 Å². The molecule has 1 atom stereocenters. The summed E-state index contributed by atoms with van der Waals surface area (Å²) in [6.45, 7) is 0. The second-order valence-corrected chi connectivity index (χ2v) is 8.17. The Morgan fingerprint density at radius 3 is 2.36 bits per heavy atom. The van der Waals surface area contributed by atoms with Crippen LogP contribution in [-0.2, 0) is 4.57 Å². The minimum atomic E-state index is -1.66. The Labute approximate surface area is 163 Å². The largest absolute Gasteiger partial charge is 0.277 e. The Morgan fingerprint density at radius 2 is 1.46 bits per heavy atom. The molecule has 0 aliphatic rings. The Morgan fingerprint density at radius 1 is 0.679 bits per heavy atom. The maximum Gasteiger partial charge on any atom is 0.159 e. The van der Waals surface area contributed by atoms with E-state index in [9.17, 15) is 4.57 Å². The third-order valence-electron chi connectivity index (χ3n) is 4.85. The van der Waals surface area contributed by atoms with Crippen LogP contribution in [0.15, 0.2) is 97.2 Å². The molecule has 4 heteroatoms. The molecule has 0 amide bonds. The van der Waals surface area contributed by atoms with Crippen LogP contribution in [0.3, 0.4) is 0 Å². The van der Waals surface area contributed by atoms with Gasteiger partial charge in [-0.2, -0.15) is 0 Å². The number of aromatic nitrogens is 2. The average molecular weight is 379 g/mol. The third-order valence-corrected chi connectivity index (χ3v) is 6.44. The molecule has 1 unspecified atom stereocenters. The van der Waals surface area contributed by atoms with Gasteiger partial charge in [0.1, 0.15) is 7.80 Å². The zero-order valence-corrected chi connectivity index (χ0v) is 15.9. The first-order valence-electron chi connectivity index (χ1n) is 9.07. The smallest absolute Gasteiger partial charge is 0.159 e. The fourth-order valence-corrected chi connectivity index (χ4v) is 4.75. The number of rotatable bonds is 3. The molecule has 0 fully saturated rings. The Balaban J connectivity index is 1.51. The van der Waals surface area contributed by atoms with Crippen molar-refractivity contribution in [2.24, 2.45) is 0 Å². The van der Waals surface area contributed by atoms with Gasteiger partial charge in [-0.15, -0.1) is 0 Å². The maximum atomic E-state index is 13.2. The topological polar surface area (TPSA) is 42.9 Å². The molecule has 5 rings (SSSR count). The third kappa shape index (κ3) is 2.96. The van der Waals surface area contributed by atoms with E-state index in [-0.39, 0.29) is 0 Å². The lowest BCUT2D eigenvalue weighted by Gasteiger charge is -2.07. The van der Waals surface area contributed by atoms with Crippen molar-refractivity contribution in [3.05, 3.63) is 97.2 Å². The van der Waals surface area contributed by atoms with E-state index in [0.717, 1.165) is 43.7 Å². The number of hydrogen-bond donors (Lipinski definition) is 0. The van der Waals surface area contributed by atoms with E-state index in [0.29, 0.717) is 0 Å². The van der Waals surface area contributed by atoms with Crippen molar-refractivity contribution in [2.75, 3.05) is 0 Å². The van der Waals surface area contributed by atoms with Gasteiger partial charge in [0.15, 0.2) is 5.65 Å². The quantitative estimate of drug-likeness (QED) is 0.403. The van der Waals surface area contributed by atoms with Gasteiger partial charge in [-0.1, -0.05) is 48.5 Å². The molecule has 0 saturated heterocycles. The Kier molecular flexibility index (Phi) is 4.16. The van der Waals surface area contributed by atoms with E-state index in [4.69, 9.17) is 0 Å². The van der Waals surface area contributed by atoms with Gasteiger partial charge >= 0.3 is 0 Å². The molecule has 3 aromatic carbocycles. The van der Waals surface area contributed by atoms with Crippen LogP contribution >= 0.6 is 7.80 Å². The van der Waals surface area contributed by atoms with E-state index in [1.54, 1.807) is 6.20 Å². The summed E-state index contributed by atoms with van der Waals surface area (Å²) in [5, 5.41) is 4.84. The molecule has 1 radical (unpaired) electrons. The first-order valence-corrected chi connectivity index (χ1v) is 10.3. The van der Waals surface area contributed by atoms with Gasteiger partial charge in [-0.3, -0.25) is 4.57 Å². The van der Waals surface area contributed by atoms with Crippen molar-refractivity contribution in [3.8, 4) is 11.3 Å². The van der Waals surface area contributed by atoms with Crippen molar-refractivity contribution in [1.29, 1.82) is 0 Å². The number of hydrogen-bond acceptors (Lipinski definition) is 3. The van der Waals surface area contributed by atoms with Crippen LogP contribution < -0.4 is 10.6 Å². The predicted octanol–water partition coefficient (Wildman–Crippen LogP) is 5.23. The summed E-state index contributed by atoms with van der Waals surface area (Å²) in [4.78, 5) is 8.96. The Hall–Kier alpha value is -3.42. The van der Waals surface area contributed by atoms with E-state index in [1.165, 1.54) is 0 Å². The van der Waals surface area contributed by atoms with Crippen molar-refractivity contribution >= 4 is 40.2 Å². The van der Waals surface area contributed by atoms with Gasteiger partial charge in [-0.05, 0) is 53.2 Å². The van der Waals surface area contributed by atoms with Gasteiger partial charge in [0.25, 0.3) is 0 Å². The number of fused-ring (bicyclic) bond motifs is 2. The standard InChI is InChI=1S/C24H16N2OP/c27-28(23-9-3-6-17-5-1-2-8-21(17)23)20-13-10-18(11-14-20)22-15-12-19-7-4-16-25-24(19)26-22/h1-16H. The predicted molar refractivity (Wildman–Crippen MR) is 116 cm³/mol. The van der Waals surface area contributed by atoms with Gasteiger partial charge < -0.3 is 0 Å². The molecule has 28 heavy (non-hydrogen) atoms. The van der Waals surface area contributed by atoms with Crippen LogP contribution in [0.25, 0.3) is 33.1 Å². The van der Waals surface area contributed by atoms with Crippen molar-refractivity contribution in [2.45, 2.75) is 0 Å².